The van der Waals surface area contributed by atoms with Crippen LogP contribution in [-0.2, 0) is 0 Å². The number of carbonyl (C=O) groups excluding carboxylic acids is 1. The molecule has 1 aromatic carbocycles. The van der Waals surface area contributed by atoms with Gasteiger partial charge in [-0.3, -0.25) is 9.78 Å². The number of carbonyl (C=O) groups is 1. The minimum Gasteiger partial charge on any atom is -0.294 e. The number of pyridine rings is 1. The SMILES string of the molecule is CC(=O)c1ccccc1-c1[c]nccc1. The quantitative estimate of drug-likeness (QED) is 0.691. The standard InChI is InChI=1S/C13H10NO/c1-10(15)12-6-2-3-7-13(12)11-5-4-8-14-9-11/h2-8H,1H3. The van der Waals surface area contributed by atoms with Gasteiger partial charge in [0.2, 0.25) is 0 Å². The van der Waals surface area contributed by atoms with Crippen molar-refractivity contribution in [3.63, 3.8) is 0 Å². The van der Waals surface area contributed by atoms with Gasteiger partial charge in [0.15, 0.2) is 5.78 Å². The number of ketones is 1. The summed E-state index contributed by atoms with van der Waals surface area (Å²) in [5.41, 5.74) is 2.45. The van der Waals surface area contributed by atoms with Gasteiger partial charge in [-0.2, -0.15) is 0 Å². The molecule has 0 N–H and O–H groups in total. The largest absolute Gasteiger partial charge is 0.294 e. The van der Waals surface area contributed by atoms with E-state index in [-0.39, 0.29) is 5.78 Å². The van der Waals surface area contributed by atoms with E-state index in [2.05, 4.69) is 11.2 Å². The van der Waals surface area contributed by atoms with Gasteiger partial charge in [0.25, 0.3) is 0 Å². The molecular formula is C13H10NO. The van der Waals surface area contributed by atoms with Crippen LogP contribution in [-0.4, -0.2) is 10.8 Å². The van der Waals surface area contributed by atoms with Crippen molar-refractivity contribution in [2.75, 3.05) is 0 Å². The number of rotatable bonds is 2. The second-order valence-electron chi connectivity index (χ2n) is 3.26. The van der Waals surface area contributed by atoms with E-state index in [1.54, 1.807) is 13.1 Å². The molecule has 0 aliphatic rings. The van der Waals surface area contributed by atoms with Crippen molar-refractivity contribution in [1.29, 1.82) is 0 Å². The molecule has 1 aromatic heterocycles. The summed E-state index contributed by atoms with van der Waals surface area (Å²) < 4.78 is 0. The molecule has 0 saturated carbocycles. The number of Topliss-reactive ketones (excluding diaryl/α,β-unsaturated/α-hetero) is 1. The summed E-state index contributed by atoms with van der Waals surface area (Å²) in [5, 5.41) is 0. The van der Waals surface area contributed by atoms with E-state index < -0.39 is 0 Å². The highest BCUT2D eigenvalue weighted by atomic mass is 16.1. The molecule has 0 aliphatic carbocycles. The van der Waals surface area contributed by atoms with Gasteiger partial charge in [0.1, 0.15) is 0 Å². The number of benzene rings is 1. The third-order valence-electron chi connectivity index (χ3n) is 2.21. The van der Waals surface area contributed by atoms with Crippen LogP contribution < -0.4 is 0 Å². The first kappa shape index (κ1) is 9.59. The Hall–Kier alpha value is -1.96. The highest BCUT2D eigenvalue weighted by Crippen LogP contribution is 2.22. The molecule has 0 amide bonds. The summed E-state index contributed by atoms with van der Waals surface area (Å²) in [4.78, 5) is 15.3. The Morgan fingerprint density at radius 1 is 1.20 bits per heavy atom. The van der Waals surface area contributed by atoms with Crippen molar-refractivity contribution in [3.05, 3.63) is 54.4 Å². The normalized spacial score (nSPS) is 9.93. The second-order valence-corrected chi connectivity index (χ2v) is 3.26. The zero-order valence-corrected chi connectivity index (χ0v) is 8.40. The molecule has 15 heavy (non-hydrogen) atoms. The maximum atomic E-state index is 11.4. The molecule has 0 unspecified atom stereocenters. The molecule has 2 rings (SSSR count). The van der Waals surface area contributed by atoms with Crippen LogP contribution in [0.5, 0.6) is 0 Å². The number of nitrogens with zero attached hydrogens (tertiary/aromatic N) is 1. The number of hydrogen-bond acceptors (Lipinski definition) is 2. The molecule has 1 radical (unpaired) electrons. The molecule has 0 aliphatic heterocycles. The fourth-order valence-electron chi connectivity index (χ4n) is 1.50. The lowest BCUT2D eigenvalue weighted by Crippen LogP contribution is -1.95. The minimum absolute atomic E-state index is 0.0582. The van der Waals surface area contributed by atoms with Gasteiger partial charge in [-0.1, -0.05) is 30.3 Å². The zero-order chi connectivity index (χ0) is 10.7. The van der Waals surface area contributed by atoms with E-state index in [1.165, 1.54) is 0 Å². The van der Waals surface area contributed by atoms with Crippen molar-refractivity contribution in [3.8, 4) is 11.1 Å². The molecular weight excluding hydrogens is 186 g/mol. The maximum absolute atomic E-state index is 11.4. The van der Waals surface area contributed by atoms with Crippen molar-refractivity contribution < 1.29 is 4.79 Å². The van der Waals surface area contributed by atoms with E-state index >= 15 is 0 Å². The Morgan fingerprint density at radius 2 is 2.00 bits per heavy atom. The Balaban J connectivity index is 2.58. The van der Waals surface area contributed by atoms with Crippen LogP contribution in [0.2, 0.25) is 0 Å². The third kappa shape index (κ3) is 1.94. The van der Waals surface area contributed by atoms with Crippen molar-refractivity contribution in [1.82, 2.24) is 4.98 Å². The van der Waals surface area contributed by atoms with E-state index in [9.17, 15) is 4.79 Å². The topological polar surface area (TPSA) is 30.0 Å². The molecule has 2 aromatic rings. The minimum atomic E-state index is 0.0582. The van der Waals surface area contributed by atoms with Crippen molar-refractivity contribution >= 4 is 5.78 Å². The number of hydrogen-bond donors (Lipinski definition) is 0. The fraction of sp³-hybridized carbons (Fsp3) is 0.0769. The van der Waals surface area contributed by atoms with Gasteiger partial charge in [0, 0.05) is 17.3 Å². The first-order valence-electron chi connectivity index (χ1n) is 4.72. The Bertz CT molecular complexity index is 477. The summed E-state index contributed by atoms with van der Waals surface area (Å²) in [6.45, 7) is 1.56. The smallest absolute Gasteiger partial charge is 0.160 e. The van der Waals surface area contributed by atoms with Crippen LogP contribution >= 0.6 is 0 Å². The predicted molar refractivity (Wildman–Crippen MR) is 58.5 cm³/mol. The van der Waals surface area contributed by atoms with Crippen molar-refractivity contribution in [2.24, 2.45) is 0 Å². The van der Waals surface area contributed by atoms with Crippen LogP contribution in [0.4, 0.5) is 0 Å². The average Bonchev–Trinajstić information content (AvgIpc) is 2.30. The number of aromatic nitrogens is 1. The molecule has 0 fully saturated rings. The molecule has 73 valence electrons. The fourth-order valence-corrected chi connectivity index (χ4v) is 1.50. The van der Waals surface area contributed by atoms with Crippen LogP contribution in [0.25, 0.3) is 11.1 Å². The lowest BCUT2D eigenvalue weighted by molar-refractivity contribution is 0.101. The van der Waals surface area contributed by atoms with Gasteiger partial charge >= 0.3 is 0 Å². The first-order valence-corrected chi connectivity index (χ1v) is 4.72. The van der Waals surface area contributed by atoms with Crippen LogP contribution in [0.15, 0.2) is 42.6 Å². The Morgan fingerprint density at radius 3 is 2.67 bits per heavy atom. The van der Waals surface area contributed by atoms with Crippen LogP contribution in [0, 0.1) is 6.20 Å². The van der Waals surface area contributed by atoms with E-state index in [4.69, 9.17) is 0 Å². The summed E-state index contributed by atoms with van der Waals surface area (Å²) in [6, 6.07) is 11.2. The lowest BCUT2D eigenvalue weighted by atomic mass is 9.99. The zero-order valence-electron chi connectivity index (χ0n) is 8.40. The predicted octanol–water partition coefficient (Wildman–Crippen LogP) is 2.75. The van der Waals surface area contributed by atoms with Crippen molar-refractivity contribution in [2.45, 2.75) is 6.92 Å². The third-order valence-corrected chi connectivity index (χ3v) is 2.21. The monoisotopic (exact) mass is 196 g/mol. The molecule has 2 nitrogen and oxygen atoms in total. The summed E-state index contributed by atoms with van der Waals surface area (Å²) in [5.74, 6) is 0.0582. The van der Waals surface area contributed by atoms with Gasteiger partial charge in [-0.05, 0) is 18.6 Å². The summed E-state index contributed by atoms with van der Waals surface area (Å²) in [6.07, 6.45) is 4.54. The Labute approximate surface area is 88.6 Å². The average molecular weight is 196 g/mol. The van der Waals surface area contributed by atoms with E-state index in [1.807, 2.05) is 36.4 Å². The molecule has 0 spiro atoms. The van der Waals surface area contributed by atoms with Gasteiger partial charge < -0.3 is 0 Å². The first-order chi connectivity index (χ1) is 7.29. The molecule has 2 heteroatoms. The molecule has 0 bridgehead atoms. The highest BCUT2D eigenvalue weighted by molar-refractivity contribution is 6.00. The lowest BCUT2D eigenvalue weighted by Gasteiger charge is -2.05. The van der Waals surface area contributed by atoms with E-state index in [0.717, 1.165) is 11.1 Å². The van der Waals surface area contributed by atoms with Crippen LogP contribution in [0.3, 0.4) is 0 Å². The van der Waals surface area contributed by atoms with Gasteiger partial charge in [-0.15, -0.1) is 0 Å². The summed E-state index contributed by atoms with van der Waals surface area (Å²) in [7, 11) is 0. The molecule has 1 heterocycles. The molecule has 0 atom stereocenters. The van der Waals surface area contributed by atoms with Gasteiger partial charge in [0.05, 0.1) is 6.20 Å². The maximum Gasteiger partial charge on any atom is 0.160 e. The highest BCUT2D eigenvalue weighted by Gasteiger charge is 2.07. The second kappa shape index (κ2) is 4.05. The summed E-state index contributed by atoms with van der Waals surface area (Å²) >= 11 is 0. The van der Waals surface area contributed by atoms with E-state index in [0.29, 0.717) is 5.56 Å². The van der Waals surface area contributed by atoms with Crippen LogP contribution in [0.1, 0.15) is 17.3 Å². The molecule has 0 saturated heterocycles. The Kier molecular flexibility index (Phi) is 2.59. The van der Waals surface area contributed by atoms with Gasteiger partial charge in [-0.25, -0.2) is 0 Å².